The first-order valence-corrected chi connectivity index (χ1v) is 7.59. The van der Waals surface area contributed by atoms with E-state index in [4.69, 9.17) is 0 Å². The van der Waals surface area contributed by atoms with Crippen molar-refractivity contribution in [1.82, 2.24) is 9.97 Å². The zero-order valence-corrected chi connectivity index (χ0v) is 11.8. The van der Waals surface area contributed by atoms with Gasteiger partial charge in [-0.05, 0) is 43.6 Å². The van der Waals surface area contributed by atoms with Gasteiger partial charge in [-0.2, -0.15) is 0 Å². The third-order valence-corrected chi connectivity index (χ3v) is 5.10. The van der Waals surface area contributed by atoms with Crippen LogP contribution in [0.25, 0.3) is 10.2 Å². The lowest BCUT2D eigenvalue weighted by Gasteiger charge is -2.21. The summed E-state index contributed by atoms with van der Waals surface area (Å²) in [6.45, 7) is 4.39. The average Bonchev–Trinajstić information content (AvgIpc) is 3.00. The first-order chi connectivity index (χ1) is 8.75. The Hall–Kier alpha value is -1.16. The van der Waals surface area contributed by atoms with Gasteiger partial charge < -0.3 is 5.32 Å². The van der Waals surface area contributed by atoms with E-state index in [1.165, 1.54) is 35.9 Å². The number of hydrogen-bond donors (Lipinski definition) is 1. The van der Waals surface area contributed by atoms with Crippen molar-refractivity contribution in [3.05, 3.63) is 17.3 Å². The van der Waals surface area contributed by atoms with Crippen molar-refractivity contribution < 1.29 is 0 Å². The van der Waals surface area contributed by atoms with Crippen molar-refractivity contribution in [3.8, 4) is 0 Å². The maximum Gasteiger partial charge on any atom is 0.147 e. The topological polar surface area (TPSA) is 37.8 Å². The van der Waals surface area contributed by atoms with Gasteiger partial charge in [0.05, 0.1) is 10.2 Å². The van der Waals surface area contributed by atoms with E-state index in [1.54, 1.807) is 17.7 Å². The Kier molecular flexibility index (Phi) is 3.20. The molecule has 0 saturated heterocycles. The van der Waals surface area contributed by atoms with Crippen LogP contribution in [-0.2, 0) is 0 Å². The van der Waals surface area contributed by atoms with Crippen LogP contribution in [0.5, 0.6) is 0 Å². The molecule has 0 aromatic carbocycles. The molecule has 96 valence electrons. The highest BCUT2D eigenvalue weighted by atomic mass is 32.1. The van der Waals surface area contributed by atoms with E-state index in [-0.39, 0.29) is 0 Å². The van der Waals surface area contributed by atoms with E-state index in [1.807, 2.05) is 0 Å². The predicted molar refractivity (Wildman–Crippen MR) is 77.2 cm³/mol. The van der Waals surface area contributed by atoms with Crippen molar-refractivity contribution in [2.75, 3.05) is 5.32 Å². The number of nitrogens with one attached hydrogen (secondary N) is 1. The summed E-state index contributed by atoms with van der Waals surface area (Å²) in [6, 6.07) is 0.507. The lowest BCUT2D eigenvalue weighted by molar-refractivity contribution is 0.481. The first-order valence-electron chi connectivity index (χ1n) is 6.71. The van der Waals surface area contributed by atoms with E-state index >= 15 is 0 Å². The fourth-order valence-electron chi connectivity index (χ4n) is 2.86. The van der Waals surface area contributed by atoms with Gasteiger partial charge in [0, 0.05) is 6.04 Å². The predicted octanol–water partition coefficient (Wildman–Crippen LogP) is 3.99. The van der Waals surface area contributed by atoms with Crippen molar-refractivity contribution >= 4 is 27.4 Å². The number of aryl methyl sites for hydroxylation is 1. The molecule has 2 aromatic rings. The smallest absolute Gasteiger partial charge is 0.147 e. The van der Waals surface area contributed by atoms with Crippen molar-refractivity contribution in [3.63, 3.8) is 0 Å². The van der Waals surface area contributed by atoms with Gasteiger partial charge in [-0.3, -0.25) is 0 Å². The third kappa shape index (κ3) is 2.09. The van der Waals surface area contributed by atoms with Crippen LogP contribution in [-0.4, -0.2) is 16.0 Å². The maximum absolute atomic E-state index is 4.42. The van der Waals surface area contributed by atoms with Crippen LogP contribution < -0.4 is 5.32 Å². The Morgan fingerprint density at radius 3 is 2.89 bits per heavy atom. The number of rotatable bonds is 3. The number of nitrogens with zero attached hydrogens (tertiary/aromatic N) is 2. The summed E-state index contributed by atoms with van der Waals surface area (Å²) in [5.41, 5.74) is 2.34. The summed E-state index contributed by atoms with van der Waals surface area (Å²) in [4.78, 5) is 8.79. The largest absolute Gasteiger partial charge is 0.366 e. The Morgan fingerprint density at radius 2 is 2.11 bits per heavy atom. The van der Waals surface area contributed by atoms with Crippen LogP contribution in [0.4, 0.5) is 5.82 Å². The SMILES string of the molecule is Cc1csc2c(NC(C)C3CCCC3)ncnc12. The Balaban J connectivity index is 1.85. The minimum absolute atomic E-state index is 0.507. The molecule has 1 fully saturated rings. The number of thiophene rings is 1. The molecule has 0 bridgehead atoms. The Bertz CT molecular complexity index is 543. The second-order valence-electron chi connectivity index (χ2n) is 5.30. The van der Waals surface area contributed by atoms with Gasteiger partial charge >= 0.3 is 0 Å². The standard InChI is InChI=1S/C14H19N3S/c1-9-7-18-13-12(9)15-8-16-14(13)17-10(2)11-5-3-4-6-11/h7-8,10-11H,3-6H2,1-2H3,(H,15,16,17). The summed E-state index contributed by atoms with van der Waals surface area (Å²) >= 11 is 1.74. The highest BCUT2D eigenvalue weighted by molar-refractivity contribution is 7.18. The van der Waals surface area contributed by atoms with Gasteiger partial charge in [-0.15, -0.1) is 11.3 Å². The van der Waals surface area contributed by atoms with Crippen LogP contribution in [0.2, 0.25) is 0 Å². The summed E-state index contributed by atoms with van der Waals surface area (Å²) < 4.78 is 1.19. The molecule has 0 spiro atoms. The summed E-state index contributed by atoms with van der Waals surface area (Å²) in [7, 11) is 0. The molecule has 3 rings (SSSR count). The number of hydrogen-bond acceptors (Lipinski definition) is 4. The second-order valence-corrected chi connectivity index (χ2v) is 6.18. The van der Waals surface area contributed by atoms with Crippen molar-refractivity contribution in [2.45, 2.75) is 45.6 Å². The molecule has 0 amide bonds. The van der Waals surface area contributed by atoms with E-state index < -0.39 is 0 Å². The highest BCUT2D eigenvalue weighted by Gasteiger charge is 2.22. The lowest BCUT2D eigenvalue weighted by Crippen LogP contribution is -2.24. The molecule has 2 aromatic heterocycles. The normalized spacial score (nSPS) is 18.3. The molecule has 0 aliphatic heterocycles. The number of fused-ring (bicyclic) bond motifs is 1. The molecule has 1 atom stereocenters. The van der Waals surface area contributed by atoms with E-state index in [0.29, 0.717) is 6.04 Å². The van der Waals surface area contributed by atoms with Crippen LogP contribution in [0, 0.1) is 12.8 Å². The summed E-state index contributed by atoms with van der Waals surface area (Å²) in [5.74, 6) is 1.81. The molecule has 2 heterocycles. The third-order valence-electron chi connectivity index (χ3n) is 4.00. The molecule has 4 heteroatoms. The molecule has 1 N–H and O–H groups in total. The van der Waals surface area contributed by atoms with Crippen LogP contribution in [0.3, 0.4) is 0 Å². The van der Waals surface area contributed by atoms with Gasteiger partial charge in [0.1, 0.15) is 12.1 Å². The van der Waals surface area contributed by atoms with Gasteiger partial charge in [0.2, 0.25) is 0 Å². The van der Waals surface area contributed by atoms with Gasteiger partial charge in [0.25, 0.3) is 0 Å². The van der Waals surface area contributed by atoms with E-state index in [0.717, 1.165) is 17.3 Å². The maximum atomic E-state index is 4.42. The number of aromatic nitrogens is 2. The number of anilines is 1. The molecule has 1 saturated carbocycles. The second kappa shape index (κ2) is 4.84. The molecule has 1 aliphatic rings. The van der Waals surface area contributed by atoms with Gasteiger partial charge in [-0.25, -0.2) is 9.97 Å². The molecule has 3 nitrogen and oxygen atoms in total. The average molecular weight is 261 g/mol. The quantitative estimate of drug-likeness (QED) is 0.907. The lowest BCUT2D eigenvalue weighted by atomic mass is 10.00. The molecular formula is C14H19N3S. The molecule has 1 aliphatic carbocycles. The molecule has 0 radical (unpaired) electrons. The monoisotopic (exact) mass is 261 g/mol. The fraction of sp³-hybridized carbons (Fsp3) is 0.571. The van der Waals surface area contributed by atoms with Crippen LogP contribution >= 0.6 is 11.3 Å². The highest BCUT2D eigenvalue weighted by Crippen LogP contribution is 2.32. The summed E-state index contributed by atoms with van der Waals surface area (Å²) in [6.07, 6.45) is 7.14. The Labute approximate surface area is 112 Å². The Morgan fingerprint density at radius 1 is 1.33 bits per heavy atom. The molecular weight excluding hydrogens is 242 g/mol. The van der Waals surface area contributed by atoms with Crippen molar-refractivity contribution in [2.24, 2.45) is 5.92 Å². The first kappa shape index (κ1) is 11.9. The zero-order chi connectivity index (χ0) is 12.5. The van der Waals surface area contributed by atoms with E-state index in [9.17, 15) is 0 Å². The summed E-state index contributed by atoms with van der Waals surface area (Å²) in [5, 5.41) is 5.76. The minimum atomic E-state index is 0.507. The van der Waals surface area contributed by atoms with Gasteiger partial charge in [-0.1, -0.05) is 12.8 Å². The van der Waals surface area contributed by atoms with Crippen LogP contribution in [0.1, 0.15) is 38.2 Å². The zero-order valence-electron chi connectivity index (χ0n) is 10.9. The van der Waals surface area contributed by atoms with Gasteiger partial charge in [0.15, 0.2) is 0 Å². The fourth-order valence-corrected chi connectivity index (χ4v) is 3.82. The minimum Gasteiger partial charge on any atom is -0.366 e. The van der Waals surface area contributed by atoms with Crippen LogP contribution in [0.15, 0.2) is 11.7 Å². The van der Waals surface area contributed by atoms with Crippen molar-refractivity contribution in [1.29, 1.82) is 0 Å². The van der Waals surface area contributed by atoms with E-state index in [2.05, 4.69) is 34.5 Å². The molecule has 18 heavy (non-hydrogen) atoms. The molecule has 1 unspecified atom stereocenters.